The van der Waals surface area contributed by atoms with Crippen LogP contribution in [0.2, 0.25) is 0 Å². The quantitative estimate of drug-likeness (QED) is 0.0944. The van der Waals surface area contributed by atoms with Crippen LogP contribution in [0.4, 0.5) is 0 Å². The van der Waals surface area contributed by atoms with Crippen LogP contribution in [0.1, 0.15) is 205 Å². The van der Waals surface area contributed by atoms with Crippen LogP contribution < -0.4 is 18.9 Å². The van der Waals surface area contributed by atoms with Gasteiger partial charge in [0.1, 0.15) is 46.0 Å². The van der Waals surface area contributed by atoms with Gasteiger partial charge in [-0.2, -0.15) is 0 Å². The summed E-state index contributed by atoms with van der Waals surface area (Å²) >= 11 is 0. The first kappa shape index (κ1) is 66.1. The highest BCUT2D eigenvalue weighted by Gasteiger charge is 2.30. The van der Waals surface area contributed by atoms with E-state index in [0.717, 1.165) is 25.7 Å². The summed E-state index contributed by atoms with van der Waals surface area (Å²) in [4.78, 5) is 72.9. The molecule has 4 aromatic rings. The van der Waals surface area contributed by atoms with E-state index < -0.39 is 45.5 Å². The Morgan fingerprint density at radius 1 is 0.337 bits per heavy atom. The van der Waals surface area contributed by atoms with E-state index in [-0.39, 0.29) is 122 Å². The topological polar surface area (TPSA) is 254 Å². The zero-order chi connectivity index (χ0) is 62.7. The fourth-order valence-corrected chi connectivity index (χ4v) is 10.6. The molecule has 0 saturated heterocycles. The fourth-order valence-electron chi connectivity index (χ4n) is 10.6. The first-order valence-electron chi connectivity index (χ1n) is 30.1. The monoisotopic (exact) mass is 1180 g/mol. The number of nitrogens with zero attached hydrogens (tertiary/aromatic N) is 4. The highest BCUT2D eigenvalue weighted by Crippen LogP contribution is 2.41. The Morgan fingerprint density at radius 2 is 0.535 bits per heavy atom. The molecule has 4 atom stereocenters. The Labute approximate surface area is 506 Å². The van der Waals surface area contributed by atoms with Gasteiger partial charge in [-0.3, -0.25) is 39.1 Å². The van der Waals surface area contributed by atoms with Crippen LogP contribution in [0, 0.1) is 0 Å². The molecule has 0 radical (unpaired) electrons. The first-order valence-corrected chi connectivity index (χ1v) is 30.1. The van der Waals surface area contributed by atoms with E-state index >= 15 is 0 Å². The van der Waals surface area contributed by atoms with Crippen molar-refractivity contribution in [1.82, 2.24) is 0 Å². The third-order valence-electron chi connectivity index (χ3n) is 15.4. The number of carbonyl (C=O) groups excluding carboxylic acids is 4. The molecule has 1 aliphatic heterocycles. The minimum Gasteiger partial charge on any atom is -0.507 e. The number of benzene rings is 4. The zero-order valence-corrected chi connectivity index (χ0v) is 52.2. The standard InChI is InChI=1S/C68H88N4O14/c1-65(2,3)49-33-45-29-41(61(49)77)37-69-53-17-13-14-18-54(53)70-38-42-30-46(34-50(62(42)78)66(4,5)6)85-59(75)23-27-82-28-24-60(76)86-48-32-44(64(80)52(36-48)68(10,11)12)40-72-56-20-16-15-19-55(56)71-39-43-31-47(35-51(63(43)79)67(7,8)9)84-58(74)22-26-81-25-21-57(73)83-45/h29-40,53-56,77-80H,13-28H2,1-12H3/t53-,54-,55-,56-/m1/s1. The molecule has 0 spiro atoms. The van der Waals surface area contributed by atoms with Crippen LogP contribution in [0.15, 0.2) is 68.5 Å². The molecule has 18 nitrogen and oxygen atoms in total. The van der Waals surface area contributed by atoms with Crippen molar-refractivity contribution in [3.8, 4) is 46.0 Å². The third-order valence-corrected chi connectivity index (χ3v) is 15.4. The number of aliphatic imine (C=N–C) groups is 4. The molecule has 0 unspecified atom stereocenters. The van der Waals surface area contributed by atoms with Crippen molar-refractivity contribution in [3.05, 3.63) is 93.0 Å². The highest BCUT2D eigenvalue weighted by atomic mass is 16.6. The molecular weight excluding hydrogens is 1100 g/mol. The lowest BCUT2D eigenvalue weighted by Crippen LogP contribution is -2.27. The van der Waals surface area contributed by atoms with Gasteiger partial charge in [0.25, 0.3) is 0 Å². The van der Waals surface area contributed by atoms with Crippen LogP contribution in [0.25, 0.3) is 0 Å². The summed E-state index contributed by atoms with van der Waals surface area (Å²) < 4.78 is 34.7. The van der Waals surface area contributed by atoms with Crippen molar-refractivity contribution in [2.45, 2.75) is 206 Å². The maximum absolute atomic E-state index is 13.3. The molecule has 2 aliphatic carbocycles. The van der Waals surface area contributed by atoms with Crippen LogP contribution in [-0.2, 0) is 50.3 Å². The molecule has 1 heterocycles. The number of hydrogen-bond acceptors (Lipinski definition) is 18. The SMILES string of the molecule is CC(C)(C)c1cc2cc(c1O)C=N[C@@H]1CCCC[C@H]1N=Cc1cc(cc(C(C)(C)C)c1O)OC(=O)CCOCCC(=O)Oc1cc(c(O)c(C(C)(C)C)c1)C=N[C@@H]1CCCC[C@H]1N=Cc1cc(cc(C(C)(C)C)c1O)OC(=O)CCOCCC(=O)O2. The van der Waals surface area contributed by atoms with Crippen LogP contribution in [0.5, 0.6) is 46.0 Å². The summed E-state index contributed by atoms with van der Waals surface area (Å²) in [5.41, 5.74) is 1.40. The molecular formula is C68H88N4O14. The Bertz CT molecular complexity index is 2800. The predicted octanol–water partition coefficient (Wildman–Crippen LogP) is 12.3. The second kappa shape index (κ2) is 28.4. The average molecular weight is 1190 g/mol. The number of hydrogen-bond donors (Lipinski definition) is 4. The molecule has 0 aromatic heterocycles. The third kappa shape index (κ3) is 18.3. The number of phenols is 4. The van der Waals surface area contributed by atoms with Crippen molar-refractivity contribution in [3.63, 3.8) is 0 Å². The van der Waals surface area contributed by atoms with Gasteiger partial charge in [-0.25, -0.2) is 0 Å². The largest absolute Gasteiger partial charge is 0.507 e. The van der Waals surface area contributed by atoms with E-state index in [9.17, 15) is 39.6 Å². The van der Waals surface area contributed by atoms with Gasteiger partial charge >= 0.3 is 23.9 Å². The molecule has 4 N–H and O–H groups in total. The number of phenolic OH excluding ortho intramolecular Hbond substituents is 4. The Kier molecular flexibility index (Phi) is 21.8. The molecule has 8 bridgehead atoms. The second-order valence-electron chi connectivity index (χ2n) is 26.7. The van der Waals surface area contributed by atoms with E-state index in [1.54, 1.807) is 73.4 Å². The van der Waals surface area contributed by atoms with E-state index in [1.165, 1.54) is 0 Å². The van der Waals surface area contributed by atoms with Gasteiger partial charge in [0.05, 0.1) is 76.3 Å². The van der Waals surface area contributed by atoms with Crippen molar-refractivity contribution in [2.24, 2.45) is 20.0 Å². The molecule has 4 aromatic carbocycles. The van der Waals surface area contributed by atoms with Crippen LogP contribution in [-0.4, -0.2) is 120 Å². The lowest BCUT2D eigenvalue weighted by atomic mass is 9.85. The van der Waals surface area contributed by atoms with Crippen molar-refractivity contribution < 1.29 is 68.0 Å². The summed E-state index contributed by atoms with van der Waals surface area (Å²) in [6.45, 7) is 23.1. The van der Waals surface area contributed by atoms with Gasteiger partial charge in [-0.15, -0.1) is 0 Å². The summed E-state index contributed by atoms with van der Waals surface area (Å²) in [7, 11) is 0. The van der Waals surface area contributed by atoms with Crippen molar-refractivity contribution >= 4 is 48.7 Å². The van der Waals surface area contributed by atoms with Gasteiger partial charge in [-0.05, 0) is 95.9 Å². The molecule has 0 amide bonds. The van der Waals surface area contributed by atoms with E-state index in [1.807, 2.05) is 83.1 Å². The van der Waals surface area contributed by atoms with Gasteiger partial charge in [0.15, 0.2) is 0 Å². The summed E-state index contributed by atoms with van der Waals surface area (Å²) in [5.74, 6) is -1.51. The molecule has 3 aliphatic rings. The average Bonchev–Trinajstić information content (AvgIpc) is 2.57. The minimum atomic E-state index is -0.587. The fraction of sp³-hybridized carbons (Fsp3) is 0.529. The summed E-state index contributed by atoms with van der Waals surface area (Å²) in [6, 6.07) is 11.6. The number of rotatable bonds is 0. The van der Waals surface area contributed by atoms with Crippen molar-refractivity contribution in [2.75, 3.05) is 26.4 Å². The van der Waals surface area contributed by atoms with Crippen LogP contribution in [0.3, 0.4) is 0 Å². The smallest absolute Gasteiger partial charge is 0.313 e. The van der Waals surface area contributed by atoms with Gasteiger partial charge in [-0.1, -0.05) is 109 Å². The van der Waals surface area contributed by atoms with Gasteiger partial charge in [0, 0.05) is 69.4 Å². The normalized spacial score (nSPS) is 20.9. The number of carbonyl (C=O) groups is 4. The molecule has 18 heteroatoms. The number of aromatic hydroxyl groups is 4. The number of esters is 4. The highest BCUT2D eigenvalue weighted by molar-refractivity contribution is 5.89. The zero-order valence-electron chi connectivity index (χ0n) is 52.2. The Morgan fingerprint density at radius 3 is 0.721 bits per heavy atom. The molecule has 2 saturated carbocycles. The summed E-state index contributed by atoms with van der Waals surface area (Å²) in [6.07, 6.45) is 12.2. The Hall–Kier alpha value is -7.44. The van der Waals surface area contributed by atoms with E-state index in [4.69, 9.17) is 48.4 Å². The van der Waals surface area contributed by atoms with Crippen LogP contribution >= 0.6 is 0 Å². The van der Waals surface area contributed by atoms with E-state index in [0.29, 0.717) is 70.2 Å². The minimum absolute atomic E-state index is 0.000972. The van der Waals surface area contributed by atoms with Gasteiger partial charge in [0.2, 0.25) is 0 Å². The number of fused-ring (bicyclic) bond motifs is 10. The molecule has 2 fully saturated rings. The summed E-state index contributed by atoms with van der Waals surface area (Å²) in [5, 5.41) is 46.3. The van der Waals surface area contributed by atoms with Gasteiger partial charge < -0.3 is 48.8 Å². The lowest BCUT2D eigenvalue weighted by molar-refractivity contribution is -0.138. The van der Waals surface area contributed by atoms with E-state index in [2.05, 4.69) is 0 Å². The first-order chi connectivity index (χ1) is 40.4. The lowest BCUT2D eigenvalue weighted by Gasteiger charge is -2.26. The molecule has 86 heavy (non-hydrogen) atoms. The van der Waals surface area contributed by atoms with Crippen molar-refractivity contribution in [1.29, 1.82) is 0 Å². The number of ether oxygens (including phenoxy) is 6. The second-order valence-corrected chi connectivity index (χ2v) is 26.7. The Balaban J connectivity index is 1.16. The predicted molar refractivity (Wildman–Crippen MR) is 332 cm³/mol. The molecule has 7 rings (SSSR count). The maximum Gasteiger partial charge on any atom is 0.313 e. The molecule has 464 valence electrons. The maximum atomic E-state index is 13.3.